The Kier molecular flexibility index (Phi) is 7.42. The third-order valence-electron chi connectivity index (χ3n) is 5.08. The topological polar surface area (TPSA) is 97.6 Å². The Morgan fingerprint density at radius 2 is 1.84 bits per heavy atom. The van der Waals surface area contributed by atoms with Gasteiger partial charge < -0.3 is 14.6 Å². The number of ether oxygens (including phenoxy) is 1. The zero-order valence-electron chi connectivity index (χ0n) is 18.2. The predicted octanol–water partition coefficient (Wildman–Crippen LogP) is 3.63. The minimum Gasteiger partial charge on any atom is -0.497 e. The molecule has 31 heavy (non-hydrogen) atoms. The summed E-state index contributed by atoms with van der Waals surface area (Å²) in [4.78, 5) is 4.72. The Morgan fingerprint density at radius 1 is 1.13 bits per heavy atom. The largest absolute Gasteiger partial charge is 0.497 e. The molecule has 0 aliphatic heterocycles. The second-order valence-corrected chi connectivity index (χ2v) is 8.94. The summed E-state index contributed by atoms with van der Waals surface area (Å²) in [5.41, 5.74) is 1.78. The van der Waals surface area contributed by atoms with Crippen LogP contribution in [0.4, 0.5) is 0 Å². The summed E-state index contributed by atoms with van der Waals surface area (Å²) in [6.45, 7) is 6.93. The van der Waals surface area contributed by atoms with Crippen LogP contribution in [0.3, 0.4) is 0 Å². The molecule has 0 bridgehead atoms. The lowest BCUT2D eigenvalue weighted by Crippen LogP contribution is -2.30. The second kappa shape index (κ2) is 10.0. The van der Waals surface area contributed by atoms with Crippen LogP contribution in [0.2, 0.25) is 0 Å². The van der Waals surface area contributed by atoms with Crippen molar-refractivity contribution in [2.45, 2.75) is 38.3 Å². The molecule has 1 atom stereocenters. The molecule has 8 nitrogen and oxygen atoms in total. The van der Waals surface area contributed by atoms with Crippen molar-refractivity contribution in [3.8, 4) is 17.1 Å². The highest BCUT2D eigenvalue weighted by Gasteiger charge is 2.21. The van der Waals surface area contributed by atoms with Crippen molar-refractivity contribution in [3.63, 3.8) is 0 Å². The second-order valence-electron chi connectivity index (χ2n) is 7.00. The van der Waals surface area contributed by atoms with Crippen molar-refractivity contribution >= 4 is 10.0 Å². The summed E-state index contributed by atoms with van der Waals surface area (Å²) >= 11 is 0. The van der Waals surface area contributed by atoms with E-state index < -0.39 is 10.0 Å². The number of hydrogen-bond acceptors (Lipinski definition) is 7. The number of hydrogen-bond donors (Lipinski definition) is 1. The summed E-state index contributed by atoms with van der Waals surface area (Å²) in [7, 11) is -1.85. The van der Waals surface area contributed by atoms with Gasteiger partial charge in [0.15, 0.2) is 0 Å². The lowest BCUT2D eigenvalue weighted by Gasteiger charge is -2.19. The van der Waals surface area contributed by atoms with Gasteiger partial charge in [-0.3, -0.25) is 0 Å². The number of nitrogens with zero attached hydrogens (tertiary/aromatic N) is 3. The van der Waals surface area contributed by atoms with E-state index in [4.69, 9.17) is 9.26 Å². The van der Waals surface area contributed by atoms with Crippen LogP contribution in [0.5, 0.6) is 5.75 Å². The van der Waals surface area contributed by atoms with Crippen LogP contribution >= 0.6 is 0 Å². The molecule has 0 aliphatic carbocycles. The Hall–Kier alpha value is -2.75. The average molecular weight is 445 g/mol. The van der Waals surface area contributed by atoms with Gasteiger partial charge >= 0.3 is 0 Å². The minimum atomic E-state index is -3.46. The first-order valence-corrected chi connectivity index (χ1v) is 11.6. The van der Waals surface area contributed by atoms with Gasteiger partial charge in [-0.15, -0.1) is 0 Å². The smallest absolute Gasteiger partial charge is 0.243 e. The molecule has 1 N–H and O–H groups in total. The van der Waals surface area contributed by atoms with Gasteiger partial charge in [-0.05, 0) is 36.8 Å². The van der Waals surface area contributed by atoms with Crippen LogP contribution in [-0.4, -0.2) is 43.1 Å². The maximum atomic E-state index is 12.6. The van der Waals surface area contributed by atoms with E-state index >= 15 is 0 Å². The standard InChI is InChI=1S/C22H28N4O4S/c1-5-26(6-2)31(27,28)20-12-10-17(11-13-20)16(3)23-15-21-24-22(25-30-21)18-8-7-9-19(14-18)29-4/h7-14,16,23H,5-6,15H2,1-4H3/t16-/m1/s1. The average Bonchev–Trinajstić information content (AvgIpc) is 3.27. The van der Waals surface area contributed by atoms with Gasteiger partial charge in [0.2, 0.25) is 21.7 Å². The maximum Gasteiger partial charge on any atom is 0.243 e. The molecular weight excluding hydrogens is 416 g/mol. The maximum absolute atomic E-state index is 12.6. The Morgan fingerprint density at radius 3 is 2.48 bits per heavy atom. The zero-order valence-corrected chi connectivity index (χ0v) is 19.0. The number of benzene rings is 2. The van der Waals surface area contributed by atoms with E-state index in [2.05, 4.69) is 15.5 Å². The van der Waals surface area contributed by atoms with Crippen LogP contribution in [0.1, 0.15) is 38.3 Å². The Balaban J connectivity index is 1.64. The summed E-state index contributed by atoms with van der Waals surface area (Å²) in [5.74, 6) is 1.68. The number of rotatable bonds is 10. The molecule has 0 unspecified atom stereocenters. The van der Waals surface area contributed by atoms with Gasteiger partial charge in [-0.1, -0.05) is 43.3 Å². The molecule has 0 saturated heterocycles. The van der Waals surface area contributed by atoms with Gasteiger partial charge in [0.05, 0.1) is 18.6 Å². The molecule has 166 valence electrons. The molecule has 9 heteroatoms. The number of methoxy groups -OCH3 is 1. The minimum absolute atomic E-state index is 0.0302. The third-order valence-corrected chi connectivity index (χ3v) is 7.14. The van der Waals surface area contributed by atoms with Crippen LogP contribution in [0.15, 0.2) is 57.9 Å². The third kappa shape index (κ3) is 5.30. The molecule has 0 aliphatic rings. The van der Waals surface area contributed by atoms with Crippen LogP contribution in [0.25, 0.3) is 11.4 Å². The fraction of sp³-hybridized carbons (Fsp3) is 0.364. The first-order valence-electron chi connectivity index (χ1n) is 10.2. The first-order chi connectivity index (χ1) is 14.9. The number of aromatic nitrogens is 2. The monoisotopic (exact) mass is 444 g/mol. The molecule has 1 heterocycles. The van der Waals surface area contributed by atoms with Crippen molar-refractivity contribution in [2.75, 3.05) is 20.2 Å². The van der Waals surface area contributed by atoms with E-state index in [1.54, 1.807) is 19.2 Å². The Labute approximate surface area is 183 Å². The van der Waals surface area contributed by atoms with Gasteiger partial charge in [0, 0.05) is 24.7 Å². The van der Waals surface area contributed by atoms with Crippen LogP contribution in [0, 0.1) is 0 Å². The summed E-state index contributed by atoms with van der Waals surface area (Å²) in [6.07, 6.45) is 0. The van der Waals surface area contributed by atoms with Crippen molar-refractivity contribution in [1.29, 1.82) is 0 Å². The lowest BCUT2D eigenvalue weighted by molar-refractivity contribution is 0.360. The number of nitrogens with one attached hydrogen (secondary N) is 1. The van der Waals surface area contributed by atoms with E-state index in [1.807, 2.05) is 57.2 Å². The lowest BCUT2D eigenvalue weighted by atomic mass is 10.1. The first kappa shape index (κ1) is 22.9. The van der Waals surface area contributed by atoms with Gasteiger partial charge in [0.25, 0.3) is 0 Å². The van der Waals surface area contributed by atoms with E-state index in [1.165, 1.54) is 4.31 Å². The molecule has 3 aromatic rings. The quantitative estimate of drug-likeness (QED) is 0.510. The molecule has 0 amide bonds. The highest BCUT2D eigenvalue weighted by Crippen LogP contribution is 2.22. The SMILES string of the molecule is CCN(CC)S(=O)(=O)c1ccc([C@@H](C)NCc2nc(-c3cccc(OC)c3)no2)cc1. The fourth-order valence-corrected chi connectivity index (χ4v) is 4.66. The molecule has 0 saturated carbocycles. The summed E-state index contributed by atoms with van der Waals surface area (Å²) in [5, 5.41) is 7.36. The molecule has 0 fully saturated rings. The van der Waals surface area contributed by atoms with Crippen molar-refractivity contribution in [1.82, 2.24) is 19.8 Å². The van der Waals surface area contributed by atoms with Crippen molar-refractivity contribution in [3.05, 3.63) is 60.0 Å². The Bertz CT molecular complexity index is 1090. The molecule has 1 aromatic heterocycles. The van der Waals surface area contributed by atoms with Crippen molar-refractivity contribution in [2.24, 2.45) is 0 Å². The van der Waals surface area contributed by atoms with Gasteiger partial charge in [-0.2, -0.15) is 9.29 Å². The van der Waals surface area contributed by atoms with E-state index in [9.17, 15) is 8.42 Å². The van der Waals surface area contributed by atoms with Gasteiger partial charge in [-0.25, -0.2) is 8.42 Å². The van der Waals surface area contributed by atoms with E-state index in [0.29, 0.717) is 36.2 Å². The highest BCUT2D eigenvalue weighted by atomic mass is 32.2. The zero-order chi connectivity index (χ0) is 22.4. The van der Waals surface area contributed by atoms with E-state index in [-0.39, 0.29) is 6.04 Å². The van der Waals surface area contributed by atoms with Gasteiger partial charge in [0.1, 0.15) is 5.75 Å². The van der Waals surface area contributed by atoms with E-state index in [0.717, 1.165) is 16.9 Å². The summed E-state index contributed by atoms with van der Waals surface area (Å²) < 4.78 is 37.3. The molecular formula is C22H28N4O4S. The summed E-state index contributed by atoms with van der Waals surface area (Å²) in [6, 6.07) is 14.4. The van der Waals surface area contributed by atoms with Crippen LogP contribution in [-0.2, 0) is 16.6 Å². The van der Waals surface area contributed by atoms with Crippen molar-refractivity contribution < 1.29 is 17.7 Å². The van der Waals surface area contributed by atoms with Crippen LogP contribution < -0.4 is 10.1 Å². The molecule has 2 aromatic carbocycles. The predicted molar refractivity (Wildman–Crippen MR) is 118 cm³/mol. The molecule has 0 spiro atoms. The molecule has 0 radical (unpaired) electrons. The molecule has 3 rings (SSSR count). The normalized spacial score (nSPS) is 12.8. The fourth-order valence-electron chi connectivity index (χ4n) is 3.21. The number of sulfonamides is 1. The highest BCUT2D eigenvalue weighted by molar-refractivity contribution is 7.89.